The largest absolute Gasteiger partial charge is 0.466 e. The van der Waals surface area contributed by atoms with Gasteiger partial charge in [-0.05, 0) is 77.0 Å². The van der Waals surface area contributed by atoms with E-state index in [1.807, 2.05) is 0 Å². The quantitative estimate of drug-likeness (QED) is 0.0321. The van der Waals surface area contributed by atoms with Crippen molar-refractivity contribution >= 4 is 11.9 Å². The zero-order valence-corrected chi connectivity index (χ0v) is 47.0. The topological polar surface area (TPSA) is 95.9 Å². The van der Waals surface area contributed by atoms with Crippen molar-refractivity contribution in [3.63, 3.8) is 0 Å². The third-order valence-corrected chi connectivity index (χ3v) is 14.4. The van der Waals surface area contributed by atoms with Crippen LogP contribution in [0.4, 0.5) is 0 Å². The summed E-state index contributed by atoms with van der Waals surface area (Å²) in [6.07, 6.45) is 74.4. The highest BCUT2D eigenvalue weighted by atomic mass is 16.5. The number of esters is 1. The van der Waals surface area contributed by atoms with Crippen molar-refractivity contribution in [3.8, 4) is 0 Å². The van der Waals surface area contributed by atoms with Crippen molar-refractivity contribution in [2.75, 3.05) is 13.2 Å². The molecule has 0 aliphatic rings. The maximum atomic E-state index is 12.5. The van der Waals surface area contributed by atoms with E-state index in [1.54, 1.807) is 0 Å². The van der Waals surface area contributed by atoms with Crippen LogP contribution in [-0.4, -0.2) is 47.4 Å². The summed E-state index contributed by atoms with van der Waals surface area (Å²) >= 11 is 0. The van der Waals surface area contributed by atoms with Gasteiger partial charge in [0, 0.05) is 12.8 Å². The third kappa shape index (κ3) is 55.4. The smallest absolute Gasteiger partial charge is 0.305 e. The zero-order valence-electron chi connectivity index (χ0n) is 47.0. The number of ether oxygens (including phenoxy) is 1. The van der Waals surface area contributed by atoms with Gasteiger partial charge in [-0.25, -0.2) is 0 Å². The Morgan fingerprint density at radius 3 is 1.14 bits per heavy atom. The first-order chi connectivity index (χ1) is 34.5. The molecule has 0 spiro atoms. The second-order valence-electron chi connectivity index (χ2n) is 21.4. The number of carbonyl (C=O) groups excluding carboxylic acids is 2. The lowest BCUT2D eigenvalue weighted by molar-refractivity contribution is -0.143. The van der Waals surface area contributed by atoms with E-state index in [4.69, 9.17) is 4.74 Å². The van der Waals surface area contributed by atoms with Crippen molar-refractivity contribution in [2.24, 2.45) is 0 Å². The van der Waals surface area contributed by atoms with Crippen molar-refractivity contribution in [1.82, 2.24) is 5.32 Å². The van der Waals surface area contributed by atoms with Crippen LogP contribution in [0.25, 0.3) is 0 Å². The van der Waals surface area contributed by atoms with Crippen molar-refractivity contribution in [2.45, 2.75) is 347 Å². The Labute approximate surface area is 436 Å². The predicted molar refractivity (Wildman–Crippen MR) is 306 cm³/mol. The van der Waals surface area contributed by atoms with E-state index < -0.39 is 12.1 Å². The van der Waals surface area contributed by atoms with Crippen LogP contribution in [0.2, 0.25) is 0 Å². The predicted octanol–water partition coefficient (Wildman–Crippen LogP) is 19.6. The van der Waals surface area contributed by atoms with E-state index in [9.17, 15) is 19.8 Å². The number of aliphatic hydroxyl groups is 2. The van der Waals surface area contributed by atoms with E-state index in [0.717, 1.165) is 51.4 Å². The SMILES string of the molecule is CCCC/C=C\C/C=C\CCCCCCCC(=O)OCCCCCCCCCCCCCC/C=C\CCCCCCCCCCCCC(=O)NC(CO)C(O)CCCCCCCCCCCCCCC. The Hall–Kier alpha value is -1.92. The molecule has 6 heteroatoms. The molecule has 2 atom stereocenters. The Morgan fingerprint density at radius 1 is 0.400 bits per heavy atom. The number of aliphatic hydroxyl groups excluding tert-OH is 2. The molecule has 0 rings (SSSR count). The van der Waals surface area contributed by atoms with Gasteiger partial charge in [0.2, 0.25) is 5.91 Å². The molecule has 0 aromatic heterocycles. The van der Waals surface area contributed by atoms with Crippen LogP contribution in [-0.2, 0) is 14.3 Å². The van der Waals surface area contributed by atoms with E-state index in [2.05, 4.69) is 55.6 Å². The van der Waals surface area contributed by atoms with Crippen molar-refractivity contribution in [1.29, 1.82) is 0 Å². The van der Waals surface area contributed by atoms with Gasteiger partial charge in [-0.2, -0.15) is 0 Å². The number of allylic oxidation sites excluding steroid dienone is 6. The summed E-state index contributed by atoms with van der Waals surface area (Å²) in [6, 6.07) is -0.542. The Bertz CT molecular complexity index is 1130. The molecule has 2 unspecified atom stereocenters. The molecular weight excluding hydrogens is 863 g/mol. The minimum Gasteiger partial charge on any atom is -0.466 e. The lowest BCUT2D eigenvalue weighted by atomic mass is 10.0. The van der Waals surface area contributed by atoms with E-state index in [-0.39, 0.29) is 18.5 Å². The number of hydrogen-bond acceptors (Lipinski definition) is 5. The first-order valence-electron chi connectivity index (χ1n) is 31.2. The molecule has 0 heterocycles. The van der Waals surface area contributed by atoms with Gasteiger partial charge in [-0.15, -0.1) is 0 Å². The average Bonchev–Trinajstić information content (AvgIpc) is 3.36. The number of unbranched alkanes of at least 4 members (excludes halogenated alkanes) is 41. The maximum absolute atomic E-state index is 12.5. The summed E-state index contributed by atoms with van der Waals surface area (Å²) in [5, 5.41) is 23.3. The molecule has 0 fully saturated rings. The Balaban J connectivity index is 3.39. The number of carbonyl (C=O) groups is 2. The number of nitrogens with one attached hydrogen (secondary N) is 1. The van der Waals surface area contributed by atoms with Gasteiger partial charge in [0.25, 0.3) is 0 Å². The second-order valence-corrected chi connectivity index (χ2v) is 21.4. The summed E-state index contributed by atoms with van der Waals surface area (Å²) in [5.41, 5.74) is 0. The van der Waals surface area contributed by atoms with E-state index >= 15 is 0 Å². The normalized spacial score (nSPS) is 12.8. The summed E-state index contributed by atoms with van der Waals surface area (Å²) in [4.78, 5) is 24.5. The highest BCUT2D eigenvalue weighted by molar-refractivity contribution is 5.76. The second kappa shape index (κ2) is 59.6. The van der Waals surface area contributed by atoms with E-state index in [0.29, 0.717) is 25.9 Å². The highest BCUT2D eigenvalue weighted by Crippen LogP contribution is 2.17. The molecular formula is C64H121NO5. The molecule has 6 nitrogen and oxygen atoms in total. The van der Waals surface area contributed by atoms with Crippen LogP contribution in [0.5, 0.6) is 0 Å². The van der Waals surface area contributed by atoms with Gasteiger partial charge in [-0.3, -0.25) is 9.59 Å². The molecule has 0 bridgehead atoms. The van der Waals surface area contributed by atoms with E-state index in [1.165, 1.54) is 250 Å². The van der Waals surface area contributed by atoms with Crippen LogP contribution in [0.15, 0.2) is 36.5 Å². The highest BCUT2D eigenvalue weighted by Gasteiger charge is 2.20. The minimum atomic E-state index is -0.665. The van der Waals surface area contributed by atoms with Gasteiger partial charge in [0.1, 0.15) is 0 Å². The molecule has 0 aliphatic heterocycles. The standard InChI is InChI=1S/C64H121NO5/c1-3-5-7-9-11-13-15-17-34-38-42-46-50-54-58-64(69)70-59-55-51-47-43-39-35-31-29-27-25-23-21-19-18-20-22-24-26-28-30-33-37-41-45-49-53-57-63(68)65-61(60-66)62(67)56-52-48-44-40-36-32-16-14-12-10-8-6-4-2/h9,11,15,17-18,20,61-62,66-67H,3-8,10,12-14,16,19,21-60H2,1-2H3,(H,65,68)/b11-9-,17-15-,20-18-. The van der Waals surface area contributed by atoms with Crippen LogP contribution in [0, 0.1) is 0 Å². The van der Waals surface area contributed by atoms with Crippen LogP contribution >= 0.6 is 0 Å². The Kier molecular flexibility index (Phi) is 58.0. The van der Waals surface area contributed by atoms with Crippen LogP contribution in [0.1, 0.15) is 335 Å². The minimum absolute atomic E-state index is 0.000384. The summed E-state index contributed by atoms with van der Waals surface area (Å²) in [6.45, 7) is 4.91. The molecule has 0 saturated carbocycles. The molecule has 0 aliphatic carbocycles. The van der Waals surface area contributed by atoms with Gasteiger partial charge in [0.15, 0.2) is 0 Å². The fraction of sp³-hybridized carbons (Fsp3) is 0.875. The van der Waals surface area contributed by atoms with Gasteiger partial charge >= 0.3 is 5.97 Å². The third-order valence-electron chi connectivity index (χ3n) is 14.4. The number of rotatable bonds is 58. The van der Waals surface area contributed by atoms with Gasteiger partial charge in [-0.1, -0.05) is 281 Å². The van der Waals surface area contributed by atoms with Gasteiger partial charge < -0.3 is 20.3 Å². The average molecular weight is 985 g/mol. The number of hydrogen-bond donors (Lipinski definition) is 3. The molecule has 0 aromatic rings. The molecule has 1 amide bonds. The first kappa shape index (κ1) is 68.1. The van der Waals surface area contributed by atoms with Crippen LogP contribution in [0.3, 0.4) is 0 Å². The number of amides is 1. The zero-order chi connectivity index (χ0) is 50.7. The molecule has 412 valence electrons. The summed E-state index contributed by atoms with van der Waals surface area (Å²) in [5.74, 6) is -0.0366. The maximum Gasteiger partial charge on any atom is 0.305 e. The van der Waals surface area contributed by atoms with Crippen LogP contribution < -0.4 is 5.32 Å². The fourth-order valence-corrected chi connectivity index (χ4v) is 9.59. The first-order valence-corrected chi connectivity index (χ1v) is 31.2. The van der Waals surface area contributed by atoms with Crippen molar-refractivity contribution < 1.29 is 24.5 Å². The molecule has 0 aromatic carbocycles. The molecule has 0 radical (unpaired) electrons. The molecule has 70 heavy (non-hydrogen) atoms. The Morgan fingerprint density at radius 2 is 0.729 bits per heavy atom. The van der Waals surface area contributed by atoms with Gasteiger partial charge in [0.05, 0.1) is 25.4 Å². The molecule has 0 saturated heterocycles. The summed E-state index contributed by atoms with van der Waals surface area (Å²) in [7, 11) is 0. The fourth-order valence-electron chi connectivity index (χ4n) is 9.59. The lowest BCUT2D eigenvalue weighted by Gasteiger charge is -2.22. The molecule has 3 N–H and O–H groups in total. The monoisotopic (exact) mass is 984 g/mol. The summed E-state index contributed by atoms with van der Waals surface area (Å²) < 4.78 is 5.47. The lowest BCUT2D eigenvalue weighted by Crippen LogP contribution is -2.45. The van der Waals surface area contributed by atoms with Crippen molar-refractivity contribution in [3.05, 3.63) is 36.5 Å².